The Labute approximate surface area is 86.4 Å². The lowest BCUT2D eigenvalue weighted by Gasteiger charge is -2.21. The number of nitrogens with zero attached hydrogens (tertiary/aromatic N) is 2. The monoisotopic (exact) mass is 196 g/mol. The van der Waals surface area contributed by atoms with E-state index in [0.717, 1.165) is 38.0 Å². The van der Waals surface area contributed by atoms with E-state index in [1.165, 1.54) is 0 Å². The van der Waals surface area contributed by atoms with Crippen molar-refractivity contribution in [1.82, 2.24) is 9.80 Å². The van der Waals surface area contributed by atoms with E-state index in [-0.39, 0.29) is 5.91 Å². The summed E-state index contributed by atoms with van der Waals surface area (Å²) in [6, 6.07) is 0. The summed E-state index contributed by atoms with van der Waals surface area (Å²) in [6.07, 6.45) is 2.33. The molecule has 0 spiro atoms. The van der Waals surface area contributed by atoms with Crippen molar-refractivity contribution in [3.05, 3.63) is 12.2 Å². The Kier molecular flexibility index (Phi) is 4.14. The molecule has 0 radical (unpaired) electrons. The van der Waals surface area contributed by atoms with E-state index < -0.39 is 0 Å². The first-order chi connectivity index (χ1) is 6.59. The largest absolute Gasteiger partial charge is 0.342 e. The molecule has 0 aromatic rings. The lowest BCUT2D eigenvalue weighted by Crippen LogP contribution is -2.37. The molecule has 0 N–H and O–H groups in total. The van der Waals surface area contributed by atoms with Crippen LogP contribution in [0.3, 0.4) is 0 Å². The first kappa shape index (κ1) is 11.2. The Morgan fingerprint density at radius 3 is 2.43 bits per heavy atom. The van der Waals surface area contributed by atoms with Crippen molar-refractivity contribution in [3.63, 3.8) is 0 Å². The van der Waals surface area contributed by atoms with Gasteiger partial charge in [-0.05, 0) is 26.8 Å². The zero-order valence-corrected chi connectivity index (χ0v) is 9.25. The molecule has 0 saturated carbocycles. The van der Waals surface area contributed by atoms with Gasteiger partial charge in [0.05, 0.1) is 6.54 Å². The quantitative estimate of drug-likeness (QED) is 0.629. The van der Waals surface area contributed by atoms with Crippen molar-refractivity contribution in [3.8, 4) is 0 Å². The lowest BCUT2D eigenvalue weighted by atomic mass is 10.3. The summed E-state index contributed by atoms with van der Waals surface area (Å²) in [5.74, 6) is 0.256. The van der Waals surface area contributed by atoms with E-state index >= 15 is 0 Å². The number of likely N-dealkylation sites (N-methyl/N-ethyl adjacent to an activating group) is 1. The van der Waals surface area contributed by atoms with E-state index in [2.05, 4.69) is 6.58 Å². The van der Waals surface area contributed by atoms with Gasteiger partial charge in [0, 0.05) is 19.6 Å². The lowest BCUT2D eigenvalue weighted by molar-refractivity contribution is -0.130. The van der Waals surface area contributed by atoms with Gasteiger partial charge in [0.25, 0.3) is 0 Å². The van der Waals surface area contributed by atoms with Crippen molar-refractivity contribution in [2.24, 2.45) is 0 Å². The molecule has 3 heteroatoms. The molecule has 0 atom stereocenters. The molecule has 0 aliphatic carbocycles. The minimum absolute atomic E-state index is 0.256. The van der Waals surface area contributed by atoms with Crippen LogP contribution in [0.5, 0.6) is 0 Å². The van der Waals surface area contributed by atoms with E-state index in [4.69, 9.17) is 0 Å². The smallest absolute Gasteiger partial charge is 0.236 e. The second-order valence-electron chi connectivity index (χ2n) is 4.22. The number of likely N-dealkylation sites (tertiary alicyclic amines) is 1. The molecular weight excluding hydrogens is 176 g/mol. The molecule has 1 fully saturated rings. The predicted molar refractivity (Wildman–Crippen MR) is 58.1 cm³/mol. The van der Waals surface area contributed by atoms with Crippen LogP contribution in [0.4, 0.5) is 0 Å². The second-order valence-corrected chi connectivity index (χ2v) is 4.22. The molecule has 1 amide bonds. The van der Waals surface area contributed by atoms with Crippen LogP contribution in [0.2, 0.25) is 0 Å². The molecule has 14 heavy (non-hydrogen) atoms. The maximum Gasteiger partial charge on any atom is 0.236 e. The summed E-state index contributed by atoms with van der Waals surface area (Å²) in [5.41, 5.74) is 1.10. The zero-order valence-electron chi connectivity index (χ0n) is 9.25. The standard InChI is InChI=1S/C11H20N2O/c1-10(2)8-12(3)9-11(14)13-6-4-5-7-13/h1,4-9H2,2-3H3. The van der Waals surface area contributed by atoms with E-state index in [1.54, 1.807) is 0 Å². The van der Waals surface area contributed by atoms with Crippen LogP contribution in [0.25, 0.3) is 0 Å². The average molecular weight is 196 g/mol. The van der Waals surface area contributed by atoms with Gasteiger partial charge in [0.2, 0.25) is 5.91 Å². The summed E-state index contributed by atoms with van der Waals surface area (Å²) in [5, 5.41) is 0. The van der Waals surface area contributed by atoms with Gasteiger partial charge in [0.1, 0.15) is 0 Å². The van der Waals surface area contributed by atoms with Gasteiger partial charge >= 0.3 is 0 Å². The van der Waals surface area contributed by atoms with Gasteiger partial charge in [-0.3, -0.25) is 9.69 Å². The van der Waals surface area contributed by atoms with Gasteiger partial charge < -0.3 is 4.90 Å². The Bertz CT molecular complexity index is 219. The van der Waals surface area contributed by atoms with Crippen LogP contribution in [-0.4, -0.2) is 48.9 Å². The molecule has 3 nitrogen and oxygen atoms in total. The fourth-order valence-electron chi connectivity index (χ4n) is 1.81. The van der Waals surface area contributed by atoms with E-state index in [9.17, 15) is 4.79 Å². The normalized spacial score (nSPS) is 16.4. The molecule has 0 aromatic heterocycles. The highest BCUT2D eigenvalue weighted by Crippen LogP contribution is 2.07. The van der Waals surface area contributed by atoms with Crippen LogP contribution in [0.1, 0.15) is 19.8 Å². The summed E-state index contributed by atoms with van der Waals surface area (Å²) < 4.78 is 0. The number of hydrogen-bond donors (Lipinski definition) is 0. The van der Waals surface area contributed by atoms with E-state index in [1.807, 2.05) is 23.8 Å². The van der Waals surface area contributed by atoms with Crippen molar-refractivity contribution in [2.75, 3.05) is 33.2 Å². The molecule has 1 rings (SSSR count). The zero-order chi connectivity index (χ0) is 10.6. The molecule has 1 heterocycles. The number of rotatable bonds is 4. The van der Waals surface area contributed by atoms with Crippen LogP contribution in [-0.2, 0) is 4.79 Å². The SMILES string of the molecule is C=C(C)CN(C)CC(=O)N1CCCC1. The third-order valence-corrected chi connectivity index (χ3v) is 2.40. The van der Waals surface area contributed by atoms with Crippen molar-refractivity contribution in [1.29, 1.82) is 0 Å². The fourth-order valence-corrected chi connectivity index (χ4v) is 1.81. The van der Waals surface area contributed by atoms with Gasteiger partial charge in [0.15, 0.2) is 0 Å². The topological polar surface area (TPSA) is 23.6 Å². The molecule has 0 unspecified atom stereocenters. The molecule has 1 aliphatic heterocycles. The summed E-state index contributed by atoms with van der Waals surface area (Å²) in [4.78, 5) is 15.7. The number of amides is 1. The van der Waals surface area contributed by atoms with Gasteiger partial charge in [-0.1, -0.05) is 12.2 Å². The molecule has 80 valence electrons. The number of hydrogen-bond acceptors (Lipinski definition) is 2. The first-order valence-electron chi connectivity index (χ1n) is 5.20. The van der Waals surface area contributed by atoms with Gasteiger partial charge in [-0.2, -0.15) is 0 Å². The van der Waals surface area contributed by atoms with E-state index in [0.29, 0.717) is 6.54 Å². The van der Waals surface area contributed by atoms with Crippen molar-refractivity contribution >= 4 is 5.91 Å². The minimum Gasteiger partial charge on any atom is -0.342 e. The van der Waals surface area contributed by atoms with Crippen molar-refractivity contribution < 1.29 is 4.79 Å². The third kappa shape index (κ3) is 3.50. The Morgan fingerprint density at radius 2 is 1.93 bits per heavy atom. The summed E-state index contributed by atoms with van der Waals surface area (Å²) >= 11 is 0. The molecule has 0 aromatic carbocycles. The molecule has 0 bridgehead atoms. The predicted octanol–water partition coefficient (Wildman–Crippen LogP) is 1.12. The van der Waals surface area contributed by atoms with Gasteiger partial charge in [-0.25, -0.2) is 0 Å². The molecule has 1 saturated heterocycles. The average Bonchev–Trinajstić information content (AvgIpc) is 2.53. The van der Waals surface area contributed by atoms with Gasteiger partial charge in [-0.15, -0.1) is 0 Å². The van der Waals surface area contributed by atoms with Crippen LogP contribution >= 0.6 is 0 Å². The highest BCUT2D eigenvalue weighted by atomic mass is 16.2. The molecule has 1 aliphatic rings. The Hall–Kier alpha value is -0.830. The minimum atomic E-state index is 0.256. The van der Waals surface area contributed by atoms with Crippen LogP contribution < -0.4 is 0 Å². The van der Waals surface area contributed by atoms with Crippen LogP contribution in [0, 0.1) is 0 Å². The van der Waals surface area contributed by atoms with Crippen molar-refractivity contribution in [2.45, 2.75) is 19.8 Å². The molecular formula is C11H20N2O. The Morgan fingerprint density at radius 1 is 1.36 bits per heavy atom. The summed E-state index contributed by atoms with van der Waals surface area (Å²) in [6.45, 7) is 9.03. The summed E-state index contributed by atoms with van der Waals surface area (Å²) in [7, 11) is 1.96. The highest BCUT2D eigenvalue weighted by Gasteiger charge is 2.18. The third-order valence-electron chi connectivity index (χ3n) is 2.40. The number of carbonyl (C=O) groups excluding carboxylic acids is 1. The second kappa shape index (κ2) is 5.15. The maximum atomic E-state index is 11.7. The highest BCUT2D eigenvalue weighted by molar-refractivity contribution is 5.78. The Balaban J connectivity index is 2.28. The number of carbonyl (C=O) groups is 1. The first-order valence-corrected chi connectivity index (χ1v) is 5.20. The van der Waals surface area contributed by atoms with Crippen LogP contribution in [0.15, 0.2) is 12.2 Å². The fraction of sp³-hybridized carbons (Fsp3) is 0.727. The maximum absolute atomic E-state index is 11.7.